The number of hydrogen-bond acceptors (Lipinski definition) is 11. The quantitative estimate of drug-likeness (QED) is 0.299. The number of nitrogens with zero attached hydrogens (tertiary/aromatic N) is 7. The van der Waals surface area contributed by atoms with Crippen LogP contribution in [0.15, 0.2) is 42.5 Å². The van der Waals surface area contributed by atoms with Crippen LogP contribution in [0.4, 0.5) is 15.9 Å². The normalized spacial score (nSPS) is 23.2. The van der Waals surface area contributed by atoms with E-state index >= 15 is 4.39 Å². The first kappa shape index (κ1) is 38.5. The third-order valence-electron chi connectivity index (χ3n) is 12.0. The van der Waals surface area contributed by atoms with E-state index in [1.165, 1.54) is 6.07 Å². The van der Waals surface area contributed by atoms with Gasteiger partial charge in [-0.2, -0.15) is 5.26 Å². The first-order chi connectivity index (χ1) is 27.6. The van der Waals surface area contributed by atoms with Crippen molar-refractivity contribution in [1.82, 2.24) is 30.6 Å². The second-order valence-corrected chi connectivity index (χ2v) is 16.0. The number of rotatable bonds is 9. The zero-order valence-corrected chi connectivity index (χ0v) is 32.3. The zero-order chi connectivity index (χ0) is 39.6. The lowest BCUT2D eigenvalue weighted by molar-refractivity contribution is -0.126. The fraction of sp³-hybridized carbons (Fsp3) is 0.488. The summed E-state index contributed by atoms with van der Waals surface area (Å²) in [5.74, 6) is -0.408. The molecular weight excluding hydrogens is 753 g/mol. The largest absolute Gasteiger partial charge is 0.490 e. The fourth-order valence-electron chi connectivity index (χ4n) is 8.73. The molecule has 4 amide bonds. The van der Waals surface area contributed by atoms with Gasteiger partial charge in [0.2, 0.25) is 5.91 Å². The van der Waals surface area contributed by atoms with Gasteiger partial charge in [0.15, 0.2) is 11.5 Å². The summed E-state index contributed by atoms with van der Waals surface area (Å²) in [6, 6.07) is 12.5. The van der Waals surface area contributed by atoms with Crippen molar-refractivity contribution in [2.24, 2.45) is 5.92 Å². The van der Waals surface area contributed by atoms with Gasteiger partial charge in [0, 0.05) is 64.5 Å². The Labute approximate surface area is 335 Å². The lowest BCUT2D eigenvalue weighted by Crippen LogP contribution is -2.52. The third-order valence-corrected chi connectivity index (χ3v) is 12.3. The average molecular weight is 798 g/mol. The summed E-state index contributed by atoms with van der Waals surface area (Å²) >= 11 is 6.14. The summed E-state index contributed by atoms with van der Waals surface area (Å²) in [4.78, 5) is 59.4. The number of piperazine rings is 1. The molecule has 0 spiro atoms. The summed E-state index contributed by atoms with van der Waals surface area (Å²) in [5, 5.41) is 23.9. The number of halogens is 2. The van der Waals surface area contributed by atoms with Crippen molar-refractivity contribution in [1.29, 1.82) is 5.26 Å². The minimum absolute atomic E-state index is 0.0122. The number of hydrogen-bond donors (Lipinski definition) is 2. The predicted molar refractivity (Wildman–Crippen MR) is 209 cm³/mol. The van der Waals surface area contributed by atoms with Gasteiger partial charge in [0.25, 0.3) is 17.7 Å². The molecule has 5 aliphatic rings. The Morgan fingerprint density at radius 1 is 0.895 bits per heavy atom. The number of nitrogens with one attached hydrogen (secondary N) is 2. The van der Waals surface area contributed by atoms with E-state index in [4.69, 9.17) is 21.6 Å². The fourth-order valence-corrected chi connectivity index (χ4v) is 8.94. The number of aromatic nitrogens is 2. The highest BCUT2D eigenvalue weighted by Gasteiger charge is 2.44. The number of anilines is 2. The number of nitriles is 1. The molecule has 2 aromatic carbocycles. The van der Waals surface area contributed by atoms with E-state index < -0.39 is 23.7 Å². The smallest absolute Gasteiger partial charge is 0.272 e. The Kier molecular flexibility index (Phi) is 11.3. The summed E-state index contributed by atoms with van der Waals surface area (Å²) in [6.45, 7) is 5.78. The lowest BCUT2D eigenvalue weighted by atomic mass is 9.93. The van der Waals surface area contributed by atoms with E-state index in [0.717, 1.165) is 88.0 Å². The number of amides is 4. The molecule has 14 nitrogen and oxygen atoms in total. The van der Waals surface area contributed by atoms with Gasteiger partial charge in [0.1, 0.15) is 23.7 Å². The van der Waals surface area contributed by atoms with Gasteiger partial charge >= 0.3 is 0 Å². The van der Waals surface area contributed by atoms with Crippen molar-refractivity contribution in [2.75, 3.05) is 62.2 Å². The van der Waals surface area contributed by atoms with Crippen LogP contribution in [-0.2, 0) is 4.79 Å². The van der Waals surface area contributed by atoms with Gasteiger partial charge < -0.3 is 25.2 Å². The van der Waals surface area contributed by atoms with Crippen LogP contribution < -0.4 is 25.2 Å². The number of ether oxygens (including phenoxy) is 1. The minimum Gasteiger partial charge on any atom is -0.490 e. The van der Waals surface area contributed by atoms with Gasteiger partial charge in [-0.05, 0) is 93.7 Å². The van der Waals surface area contributed by atoms with Crippen LogP contribution in [-0.4, -0.2) is 114 Å². The number of fused-ring (bicyclic) bond motifs is 1. The molecule has 0 bridgehead atoms. The van der Waals surface area contributed by atoms with Crippen LogP contribution in [0.3, 0.4) is 0 Å². The number of piperidine rings is 2. The average Bonchev–Trinajstić information content (AvgIpc) is 3.46. The van der Waals surface area contributed by atoms with Crippen molar-refractivity contribution in [3.05, 3.63) is 75.7 Å². The maximum Gasteiger partial charge on any atom is 0.272 e. The highest BCUT2D eigenvalue weighted by atomic mass is 35.5. The molecular formula is C41H45ClFN9O5. The van der Waals surface area contributed by atoms with Crippen molar-refractivity contribution in [3.8, 4) is 11.8 Å². The Bertz CT molecular complexity index is 2070. The van der Waals surface area contributed by atoms with Crippen LogP contribution in [0, 0.1) is 23.1 Å². The molecule has 5 heterocycles. The van der Waals surface area contributed by atoms with Crippen LogP contribution in [0.25, 0.3) is 0 Å². The van der Waals surface area contributed by atoms with Crippen LogP contribution in [0.2, 0.25) is 5.02 Å². The SMILES string of the molecule is N#Cc1ccc(OC2CCC(NC(=O)c3ccc(N4CCC(CN5CCN(c6cc7c(cc6F)C(=O)N(C6CCCNC6=O)C7=O)CC5)CC4)nn3)CC2)cc1Cl. The molecule has 3 aromatic rings. The van der Waals surface area contributed by atoms with Gasteiger partial charge in [-0.15, -0.1) is 10.2 Å². The van der Waals surface area contributed by atoms with E-state index in [-0.39, 0.29) is 40.8 Å². The third kappa shape index (κ3) is 8.24. The van der Waals surface area contributed by atoms with Crippen molar-refractivity contribution in [3.63, 3.8) is 0 Å². The van der Waals surface area contributed by atoms with E-state index in [9.17, 15) is 19.2 Å². The van der Waals surface area contributed by atoms with Gasteiger partial charge in [-0.1, -0.05) is 11.6 Å². The second kappa shape index (κ2) is 16.6. The van der Waals surface area contributed by atoms with E-state index in [2.05, 4.69) is 30.6 Å². The van der Waals surface area contributed by atoms with E-state index in [1.54, 1.807) is 24.3 Å². The number of imide groups is 1. The van der Waals surface area contributed by atoms with Crippen molar-refractivity contribution < 1.29 is 28.3 Å². The first-order valence-electron chi connectivity index (χ1n) is 19.9. The first-order valence-corrected chi connectivity index (χ1v) is 20.2. The molecule has 1 aromatic heterocycles. The van der Waals surface area contributed by atoms with Gasteiger partial charge in [-0.3, -0.25) is 29.0 Å². The Morgan fingerprint density at radius 3 is 2.30 bits per heavy atom. The summed E-state index contributed by atoms with van der Waals surface area (Å²) < 4.78 is 21.5. The molecule has 8 rings (SSSR count). The summed E-state index contributed by atoms with van der Waals surface area (Å²) in [7, 11) is 0. The second-order valence-electron chi connectivity index (χ2n) is 15.6. The maximum atomic E-state index is 15.4. The molecule has 1 unspecified atom stereocenters. The molecule has 4 fully saturated rings. The Hall–Kier alpha value is -5.33. The summed E-state index contributed by atoms with van der Waals surface area (Å²) in [5.41, 5.74) is 1.17. The van der Waals surface area contributed by atoms with Crippen LogP contribution >= 0.6 is 11.6 Å². The molecule has 3 saturated heterocycles. The Balaban J connectivity index is 0.763. The highest BCUT2D eigenvalue weighted by molar-refractivity contribution is 6.31. The summed E-state index contributed by atoms with van der Waals surface area (Å²) in [6.07, 6.45) is 6.17. The molecule has 4 aliphatic heterocycles. The Morgan fingerprint density at radius 2 is 1.63 bits per heavy atom. The number of carbonyl (C=O) groups is 4. The molecule has 1 saturated carbocycles. The highest BCUT2D eigenvalue weighted by Crippen LogP contribution is 2.34. The zero-order valence-electron chi connectivity index (χ0n) is 31.6. The van der Waals surface area contributed by atoms with E-state index in [0.29, 0.717) is 60.4 Å². The van der Waals surface area contributed by atoms with Gasteiger partial charge in [0.05, 0.1) is 33.5 Å². The molecule has 298 valence electrons. The molecule has 1 aliphatic carbocycles. The van der Waals surface area contributed by atoms with Crippen LogP contribution in [0.5, 0.6) is 5.75 Å². The minimum atomic E-state index is -0.867. The molecule has 1 atom stereocenters. The number of benzene rings is 2. The van der Waals surface area contributed by atoms with Crippen molar-refractivity contribution >= 4 is 46.7 Å². The monoisotopic (exact) mass is 797 g/mol. The predicted octanol–water partition coefficient (Wildman–Crippen LogP) is 4.17. The molecule has 2 N–H and O–H groups in total. The molecule has 57 heavy (non-hydrogen) atoms. The molecule has 16 heteroatoms. The van der Waals surface area contributed by atoms with Gasteiger partial charge in [-0.25, -0.2) is 4.39 Å². The van der Waals surface area contributed by atoms with Crippen molar-refractivity contribution in [2.45, 2.75) is 69.6 Å². The standard InChI is InChI=1S/C41H45ClFN9O5/c42-32-20-29(6-3-26(32)23-44)57-28-7-4-27(5-8-28)46-38(53)34-9-10-37(48-47-34)51-14-11-25(12-15-51)24-49-16-18-50(19-17-49)36-22-31-30(21-33(36)43)40(55)52(41(31)56)35-2-1-13-45-39(35)54/h3,6,9-10,20-22,25,27-28,35H,1-2,4-5,7-8,11-19,24H2,(H,45,54)(H,46,53). The lowest BCUT2D eigenvalue weighted by Gasteiger charge is -2.39. The number of carbonyl (C=O) groups excluding carboxylic acids is 4. The van der Waals surface area contributed by atoms with E-state index in [1.807, 2.05) is 17.0 Å². The van der Waals surface area contributed by atoms with Crippen LogP contribution in [0.1, 0.15) is 88.1 Å². The topological polar surface area (TPSA) is 164 Å². The maximum absolute atomic E-state index is 15.4. The molecule has 0 radical (unpaired) electrons.